The summed E-state index contributed by atoms with van der Waals surface area (Å²) in [6.07, 6.45) is 1.61. The van der Waals surface area contributed by atoms with Crippen LogP contribution in [0.5, 0.6) is 0 Å². The van der Waals surface area contributed by atoms with Crippen LogP contribution in [0.15, 0.2) is 11.8 Å². The van der Waals surface area contributed by atoms with E-state index in [1.807, 2.05) is 4.90 Å². The van der Waals surface area contributed by atoms with Gasteiger partial charge in [-0.25, -0.2) is 0 Å². The van der Waals surface area contributed by atoms with Gasteiger partial charge in [-0.3, -0.25) is 0 Å². The average molecular weight is 126 g/mol. The van der Waals surface area contributed by atoms with Crippen LogP contribution in [0.2, 0.25) is 0 Å². The standard InChI is InChI=1S/C6H9NO2/c1-5(6(8)9)4-7-2-3-7/h4H,2-3H2,1H3,(H,8,9)/p-1/b5-4+. The lowest BCUT2D eigenvalue weighted by molar-refractivity contribution is -0.299. The van der Waals surface area contributed by atoms with E-state index in [1.54, 1.807) is 6.20 Å². The third-order valence-electron chi connectivity index (χ3n) is 1.18. The van der Waals surface area contributed by atoms with Gasteiger partial charge in [-0.1, -0.05) is 0 Å². The minimum absolute atomic E-state index is 0.299. The second kappa shape index (κ2) is 2.09. The summed E-state index contributed by atoms with van der Waals surface area (Å²) in [5.41, 5.74) is 0.299. The first-order valence-electron chi connectivity index (χ1n) is 2.84. The van der Waals surface area contributed by atoms with Crippen molar-refractivity contribution in [2.75, 3.05) is 13.1 Å². The van der Waals surface area contributed by atoms with Gasteiger partial charge in [0, 0.05) is 19.3 Å². The van der Waals surface area contributed by atoms with Crippen molar-refractivity contribution in [1.82, 2.24) is 4.90 Å². The van der Waals surface area contributed by atoms with Gasteiger partial charge in [-0.15, -0.1) is 0 Å². The maximum Gasteiger partial charge on any atom is 0.0686 e. The van der Waals surface area contributed by atoms with Crippen molar-refractivity contribution in [2.45, 2.75) is 6.92 Å². The Morgan fingerprint density at radius 3 is 2.56 bits per heavy atom. The third kappa shape index (κ3) is 1.76. The summed E-state index contributed by atoms with van der Waals surface area (Å²) < 4.78 is 0. The van der Waals surface area contributed by atoms with Crippen LogP contribution in [-0.2, 0) is 4.79 Å². The minimum atomic E-state index is -1.08. The Kier molecular flexibility index (Phi) is 1.42. The van der Waals surface area contributed by atoms with Gasteiger partial charge in [-0.2, -0.15) is 0 Å². The molecule has 1 aliphatic rings. The van der Waals surface area contributed by atoms with Crippen LogP contribution in [0.25, 0.3) is 0 Å². The zero-order valence-electron chi connectivity index (χ0n) is 5.26. The predicted molar refractivity (Wildman–Crippen MR) is 30.3 cm³/mol. The Morgan fingerprint density at radius 2 is 2.22 bits per heavy atom. The Labute approximate surface area is 53.6 Å². The lowest BCUT2D eigenvalue weighted by atomic mass is 10.3. The molecule has 3 heteroatoms. The molecule has 0 bridgehead atoms. The molecule has 1 rings (SSSR count). The Hall–Kier alpha value is -0.990. The highest BCUT2D eigenvalue weighted by Crippen LogP contribution is 2.06. The molecule has 0 aromatic carbocycles. The third-order valence-corrected chi connectivity index (χ3v) is 1.18. The number of nitrogens with zero attached hydrogens (tertiary/aromatic N) is 1. The smallest absolute Gasteiger partial charge is 0.0686 e. The van der Waals surface area contributed by atoms with Crippen LogP contribution in [0.3, 0.4) is 0 Å². The van der Waals surface area contributed by atoms with Gasteiger partial charge >= 0.3 is 0 Å². The molecule has 0 aromatic heterocycles. The molecule has 0 N–H and O–H groups in total. The largest absolute Gasteiger partial charge is 0.545 e. The topological polar surface area (TPSA) is 43.1 Å². The summed E-state index contributed by atoms with van der Waals surface area (Å²) in [7, 11) is 0. The first-order valence-corrected chi connectivity index (χ1v) is 2.84. The van der Waals surface area contributed by atoms with E-state index in [0.29, 0.717) is 5.57 Å². The molecule has 50 valence electrons. The Morgan fingerprint density at radius 1 is 1.67 bits per heavy atom. The monoisotopic (exact) mass is 126 g/mol. The Bertz CT molecular complexity index is 158. The molecule has 0 aliphatic carbocycles. The molecule has 0 amide bonds. The maximum atomic E-state index is 10.1. The minimum Gasteiger partial charge on any atom is -0.545 e. The molecule has 1 saturated heterocycles. The molecule has 3 nitrogen and oxygen atoms in total. The average Bonchev–Trinajstić information content (AvgIpc) is 2.50. The number of carbonyl (C=O) groups excluding carboxylic acids is 1. The van der Waals surface area contributed by atoms with Crippen molar-refractivity contribution >= 4 is 5.97 Å². The molecule has 1 heterocycles. The van der Waals surface area contributed by atoms with Crippen LogP contribution in [0.1, 0.15) is 6.92 Å². The van der Waals surface area contributed by atoms with Crippen molar-refractivity contribution < 1.29 is 9.90 Å². The molecule has 0 atom stereocenters. The number of carboxylic acid groups (broad SMARTS) is 1. The summed E-state index contributed by atoms with van der Waals surface area (Å²) in [4.78, 5) is 12.0. The highest BCUT2D eigenvalue weighted by molar-refractivity contribution is 5.83. The predicted octanol–water partition coefficient (Wildman–Crippen LogP) is -1.04. The lowest BCUT2D eigenvalue weighted by Crippen LogP contribution is -2.23. The zero-order chi connectivity index (χ0) is 6.85. The van der Waals surface area contributed by atoms with Crippen LogP contribution < -0.4 is 5.11 Å². The molecule has 0 unspecified atom stereocenters. The molecular weight excluding hydrogens is 118 g/mol. The van der Waals surface area contributed by atoms with Crippen LogP contribution >= 0.6 is 0 Å². The molecule has 1 fully saturated rings. The van der Waals surface area contributed by atoms with E-state index in [0.717, 1.165) is 13.1 Å². The fourth-order valence-electron chi connectivity index (χ4n) is 0.513. The molecule has 1 aliphatic heterocycles. The number of carbonyl (C=O) groups is 1. The van der Waals surface area contributed by atoms with Crippen LogP contribution in [0.4, 0.5) is 0 Å². The second-order valence-electron chi connectivity index (χ2n) is 2.14. The normalized spacial score (nSPS) is 17.9. The fraction of sp³-hybridized carbons (Fsp3) is 0.500. The van der Waals surface area contributed by atoms with Crippen molar-refractivity contribution in [2.24, 2.45) is 0 Å². The van der Waals surface area contributed by atoms with Crippen molar-refractivity contribution in [3.05, 3.63) is 11.8 Å². The quantitative estimate of drug-likeness (QED) is 0.350. The van der Waals surface area contributed by atoms with Gasteiger partial charge in [0.05, 0.1) is 5.97 Å². The van der Waals surface area contributed by atoms with Crippen molar-refractivity contribution in [1.29, 1.82) is 0 Å². The van der Waals surface area contributed by atoms with Gasteiger partial charge in [0.1, 0.15) is 0 Å². The highest BCUT2D eigenvalue weighted by atomic mass is 16.4. The number of hydrogen-bond donors (Lipinski definition) is 0. The van der Waals surface area contributed by atoms with Crippen LogP contribution in [-0.4, -0.2) is 24.0 Å². The van der Waals surface area contributed by atoms with Crippen LogP contribution in [0, 0.1) is 0 Å². The van der Waals surface area contributed by atoms with E-state index in [-0.39, 0.29) is 0 Å². The van der Waals surface area contributed by atoms with Gasteiger partial charge in [0.25, 0.3) is 0 Å². The lowest BCUT2D eigenvalue weighted by Gasteiger charge is -2.00. The molecule has 0 spiro atoms. The van der Waals surface area contributed by atoms with E-state index in [4.69, 9.17) is 0 Å². The number of carboxylic acids is 1. The molecule has 0 aromatic rings. The van der Waals surface area contributed by atoms with Crippen molar-refractivity contribution in [3.63, 3.8) is 0 Å². The highest BCUT2D eigenvalue weighted by Gasteiger charge is 2.11. The van der Waals surface area contributed by atoms with E-state index < -0.39 is 5.97 Å². The summed E-state index contributed by atoms with van der Waals surface area (Å²) in [5, 5.41) is 10.1. The van der Waals surface area contributed by atoms with E-state index in [1.165, 1.54) is 6.92 Å². The fourth-order valence-corrected chi connectivity index (χ4v) is 0.513. The Balaban J connectivity index is 2.46. The zero-order valence-corrected chi connectivity index (χ0v) is 5.26. The summed E-state index contributed by atoms with van der Waals surface area (Å²) in [6, 6.07) is 0. The van der Waals surface area contributed by atoms with Gasteiger partial charge in [0.15, 0.2) is 0 Å². The first kappa shape index (κ1) is 6.13. The number of rotatable bonds is 2. The molecule has 0 saturated carbocycles. The molecule has 9 heavy (non-hydrogen) atoms. The van der Waals surface area contributed by atoms with Gasteiger partial charge in [-0.05, 0) is 12.5 Å². The maximum absolute atomic E-state index is 10.1. The SMILES string of the molecule is C/C(=C\N1CC1)C(=O)[O-]. The summed E-state index contributed by atoms with van der Waals surface area (Å²) >= 11 is 0. The second-order valence-corrected chi connectivity index (χ2v) is 2.14. The van der Waals surface area contributed by atoms with Gasteiger partial charge in [0.2, 0.25) is 0 Å². The van der Waals surface area contributed by atoms with E-state index in [2.05, 4.69) is 0 Å². The number of aliphatic carboxylic acids is 1. The van der Waals surface area contributed by atoms with E-state index in [9.17, 15) is 9.90 Å². The van der Waals surface area contributed by atoms with Crippen molar-refractivity contribution in [3.8, 4) is 0 Å². The first-order chi connectivity index (χ1) is 4.20. The van der Waals surface area contributed by atoms with E-state index >= 15 is 0 Å². The molecule has 0 radical (unpaired) electrons. The number of hydrogen-bond acceptors (Lipinski definition) is 3. The van der Waals surface area contributed by atoms with Gasteiger partial charge < -0.3 is 14.8 Å². The summed E-state index contributed by atoms with van der Waals surface area (Å²) in [6.45, 7) is 3.49. The summed E-state index contributed by atoms with van der Waals surface area (Å²) in [5.74, 6) is -1.08. The molecular formula is C6H8NO2-.